The number of rotatable bonds is 11. The molecule has 1 unspecified atom stereocenters. The van der Waals surface area contributed by atoms with Crippen molar-refractivity contribution in [1.82, 2.24) is 10.2 Å². The first kappa shape index (κ1) is 15.8. The average Bonchev–Trinajstić information content (AvgIpc) is 2.25. The van der Waals surface area contributed by atoms with Gasteiger partial charge in [-0.2, -0.15) is 0 Å². The maximum atomic E-state index is 9.73. The van der Waals surface area contributed by atoms with Gasteiger partial charge in [-0.15, -0.1) is 0 Å². The van der Waals surface area contributed by atoms with Crippen molar-refractivity contribution in [2.75, 3.05) is 46.9 Å². The Morgan fingerprint density at radius 2 is 2.12 bits per heavy atom. The molecule has 0 heterocycles. The standard InChI is InChI=1S/C12H28N2O2/c1-4-5-6-8-14(2)11-12(15)10-13-7-9-16-3/h12-13,15H,4-11H2,1-3H3. The van der Waals surface area contributed by atoms with E-state index in [4.69, 9.17) is 4.74 Å². The van der Waals surface area contributed by atoms with Crippen LogP contribution in [0, 0.1) is 0 Å². The summed E-state index contributed by atoms with van der Waals surface area (Å²) in [7, 11) is 3.74. The predicted molar refractivity (Wildman–Crippen MR) is 67.8 cm³/mol. The summed E-state index contributed by atoms with van der Waals surface area (Å²) in [4.78, 5) is 2.19. The second-order valence-electron chi connectivity index (χ2n) is 4.32. The van der Waals surface area contributed by atoms with Gasteiger partial charge in [-0.3, -0.25) is 0 Å². The second-order valence-corrected chi connectivity index (χ2v) is 4.32. The quantitative estimate of drug-likeness (QED) is 0.515. The lowest BCUT2D eigenvalue weighted by atomic mass is 10.2. The van der Waals surface area contributed by atoms with Crippen LogP contribution >= 0.6 is 0 Å². The highest BCUT2D eigenvalue weighted by atomic mass is 16.5. The molecule has 4 heteroatoms. The fourth-order valence-corrected chi connectivity index (χ4v) is 1.59. The van der Waals surface area contributed by atoms with Crippen molar-refractivity contribution in [3.8, 4) is 0 Å². The SMILES string of the molecule is CCCCCN(C)CC(O)CNCCOC. The Morgan fingerprint density at radius 1 is 1.38 bits per heavy atom. The number of aliphatic hydroxyl groups excluding tert-OH is 1. The number of likely N-dealkylation sites (N-methyl/N-ethyl adjacent to an activating group) is 1. The molecule has 2 N–H and O–H groups in total. The molecule has 0 fully saturated rings. The molecule has 98 valence electrons. The van der Waals surface area contributed by atoms with Gasteiger partial charge in [0.2, 0.25) is 0 Å². The van der Waals surface area contributed by atoms with Gasteiger partial charge < -0.3 is 20.1 Å². The van der Waals surface area contributed by atoms with Crippen LogP contribution in [0.2, 0.25) is 0 Å². The van der Waals surface area contributed by atoms with Gasteiger partial charge in [0.05, 0.1) is 12.7 Å². The first-order chi connectivity index (χ1) is 7.70. The highest BCUT2D eigenvalue weighted by molar-refractivity contribution is 4.64. The number of nitrogens with one attached hydrogen (secondary N) is 1. The lowest BCUT2D eigenvalue weighted by Gasteiger charge is -2.20. The van der Waals surface area contributed by atoms with Crippen LogP contribution in [0.3, 0.4) is 0 Å². The third-order valence-electron chi connectivity index (χ3n) is 2.53. The summed E-state index contributed by atoms with van der Waals surface area (Å²) in [5, 5.41) is 12.9. The number of ether oxygens (including phenoxy) is 1. The minimum absolute atomic E-state index is 0.288. The Balaban J connectivity index is 3.35. The van der Waals surface area contributed by atoms with Crippen molar-refractivity contribution < 1.29 is 9.84 Å². The molecule has 0 bridgehead atoms. The maximum absolute atomic E-state index is 9.73. The van der Waals surface area contributed by atoms with E-state index in [0.29, 0.717) is 13.2 Å². The van der Waals surface area contributed by atoms with Crippen LogP contribution in [0.25, 0.3) is 0 Å². The third kappa shape index (κ3) is 10.4. The molecule has 0 rings (SSSR count). The van der Waals surface area contributed by atoms with Crippen LogP contribution < -0.4 is 5.32 Å². The van der Waals surface area contributed by atoms with Crippen LogP contribution in [-0.4, -0.2) is 63.1 Å². The molecule has 0 amide bonds. The summed E-state index contributed by atoms with van der Waals surface area (Å²) in [6.45, 7) is 6.15. The molecule has 0 aliphatic carbocycles. The minimum atomic E-state index is -0.288. The minimum Gasteiger partial charge on any atom is -0.390 e. The lowest BCUT2D eigenvalue weighted by Crippen LogP contribution is -2.37. The molecule has 0 aliphatic rings. The molecule has 0 aromatic rings. The Kier molecular flexibility index (Phi) is 11.2. The summed E-state index contributed by atoms with van der Waals surface area (Å²) in [5.74, 6) is 0. The summed E-state index contributed by atoms with van der Waals surface area (Å²) >= 11 is 0. The fourth-order valence-electron chi connectivity index (χ4n) is 1.59. The number of methoxy groups -OCH3 is 1. The smallest absolute Gasteiger partial charge is 0.0791 e. The Labute approximate surface area is 100.0 Å². The zero-order chi connectivity index (χ0) is 12.2. The van der Waals surface area contributed by atoms with Crippen molar-refractivity contribution in [3.05, 3.63) is 0 Å². The van der Waals surface area contributed by atoms with Crippen LogP contribution in [-0.2, 0) is 4.74 Å². The van der Waals surface area contributed by atoms with E-state index in [0.717, 1.165) is 19.6 Å². The van der Waals surface area contributed by atoms with Gasteiger partial charge in [-0.25, -0.2) is 0 Å². The zero-order valence-electron chi connectivity index (χ0n) is 11.0. The molecule has 16 heavy (non-hydrogen) atoms. The third-order valence-corrected chi connectivity index (χ3v) is 2.53. The Bertz CT molecular complexity index is 145. The Morgan fingerprint density at radius 3 is 2.75 bits per heavy atom. The van der Waals surface area contributed by atoms with Gasteiger partial charge in [0.1, 0.15) is 0 Å². The molecule has 0 radical (unpaired) electrons. The molecule has 0 aromatic carbocycles. The largest absolute Gasteiger partial charge is 0.390 e. The highest BCUT2D eigenvalue weighted by Crippen LogP contribution is 1.97. The second kappa shape index (κ2) is 11.3. The van der Waals surface area contributed by atoms with Gasteiger partial charge in [0, 0.05) is 26.7 Å². The van der Waals surface area contributed by atoms with E-state index >= 15 is 0 Å². The first-order valence-electron chi connectivity index (χ1n) is 6.27. The van der Waals surface area contributed by atoms with Crippen molar-refractivity contribution in [2.45, 2.75) is 32.3 Å². The van der Waals surface area contributed by atoms with Gasteiger partial charge in [-0.1, -0.05) is 19.8 Å². The molecule has 0 saturated carbocycles. The molecule has 0 saturated heterocycles. The molecular weight excluding hydrogens is 204 g/mol. The van der Waals surface area contributed by atoms with Crippen LogP contribution in [0.4, 0.5) is 0 Å². The van der Waals surface area contributed by atoms with E-state index < -0.39 is 0 Å². The summed E-state index contributed by atoms with van der Waals surface area (Å²) in [6.07, 6.45) is 3.45. The molecule has 4 nitrogen and oxygen atoms in total. The van der Waals surface area contributed by atoms with Crippen molar-refractivity contribution in [1.29, 1.82) is 0 Å². The number of hydrogen-bond acceptors (Lipinski definition) is 4. The lowest BCUT2D eigenvalue weighted by molar-refractivity contribution is 0.119. The fraction of sp³-hybridized carbons (Fsp3) is 1.00. The van der Waals surface area contributed by atoms with Crippen molar-refractivity contribution >= 4 is 0 Å². The monoisotopic (exact) mass is 232 g/mol. The summed E-state index contributed by atoms with van der Waals surface area (Å²) < 4.78 is 4.92. The normalized spacial score (nSPS) is 13.3. The summed E-state index contributed by atoms with van der Waals surface area (Å²) in [6, 6.07) is 0. The van der Waals surface area contributed by atoms with Gasteiger partial charge in [0.25, 0.3) is 0 Å². The van der Waals surface area contributed by atoms with E-state index in [1.165, 1.54) is 19.3 Å². The molecule has 0 spiro atoms. The molecular formula is C12H28N2O2. The van der Waals surface area contributed by atoms with Gasteiger partial charge >= 0.3 is 0 Å². The van der Waals surface area contributed by atoms with E-state index in [2.05, 4.69) is 24.2 Å². The van der Waals surface area contributed by atoms with Gasteiger partial charge in [-0.05, 0) is 20.0 Å². The van der Waals surface area contributed by atoms with Crippen molar-refractivity contribution in [2.24, 2.45) is 0 Å². The van der Waals surface area contributed by atoms with Crippen LogP contribution in [0.15, 0.2) is 0 Å². The van der Waals surface area contributed by atoms with Crippen molar-refractivity contribution in [3.63, 3.8) is 0 Å². The van der Waals surface area contributed by atoms with E-state index in [9.17, 15) is 5.11 Å². The number of unbranched alkanes of at least 4 members (excludes halogenated alkanes) is 2. The maximum Gasteiger partial charge on any atom is 0.0791 e. The van der Waals surface area contributed by atoms with E-state index in [1.54, 1.807) is 7.11 Å². The number of aliphatic hydroxyl groups is 1. The topological polar surface area (TPSA) is 44.7 Å². The van der Waals surface area contributed by atoms with Crippen LogP contribution in [0.5, 0.6) is 0 Å². The van der Waals surface area contributed by atoms with Crippen LogP contribution in [0.1, 0.15) is 26.2 Å². The molecule has 0 aromatic heterocycles. The number of hydrogen-bond donors (Lipinski definition) is 2. The summed E-state index contributed by atoms with van der Waals surface area (Å²) in [5.41, 5.74) is 0. The average molecular weight is 232 g/mol. The van der Waals surface area contributed by atoms with Gasteiger partial charge in [0.15, 0.2) is 0 Å². The highest BCUT2D eigenvalue weighted by Gasteiger charge is 2.06. The number of nitrogens with zero attached hydrogens (tertiary/aromatic N) is 1. The zero-order valence-corrected chi connectivity index (χ0v) is 11.0. The Hall–Kier alpha value is -0.160. The van der Waals surface area contributed by atoms with E-state index in [1.807, 2.05) is 0 Å². The molecule has 0 aliphatic heterocycles. The first-order valence-corrected chi connectivity index (χ1v) is 6.27. The molecule has 1 atom stereocenters. The predicted octanol–water partition coefficient (Wildman–Crippen LogP) is 0.705. The van der Waals surface area contributed by atoms with E-state index in [-0.39, 0.29) is 6.10 Å².